The Morgan fingerprint density at radius 3 is 2.20 bits per heavy atom. The van der Waals surface area contributed by atoms with Crippen LogP contribution in [-0.4, -0.2) is 42.6 Å². The van der Waals surface area contributed by atoms with Crippen molar-refractivity contribution in [2.24, 2.45) is 11.1 Å². The minimum atomic E-state index is -0.372. The molecule has 2 aliphatic rings. The number of carbonyl (C=O) groups is 2. The Kier molecular flexibility index (Phi) is 5.40. The summed E-state index contributed by atoms with van der Waals surface area (Å²) in [6.45, 7) is 1.90. The average Bonchev–Trinajstić information content (AvgIpc) is 3.11. The second-order valence-electron chi connectivity index (χ2n) is 7.96. The molecule has 0 saturated carbocycles. The molecule has 0 aliphatic carbocycles. The maximum Gasteiger partial charge on any atom is 0.253 e. The van der Waals surface area contributed by atoms with Gasteiger partial charge in [-0.2, -0.15) is 0 Å². The van der Waals surface area contributed by atoms with E-state index in [1.54, 1.807) is 0 Å². The van der Waals surface area contributed by atoms with Crippen molar-refractivity contribution in [3.8, 4) is 0 Å². The molecule has 2 amide bonds. The van der Waals surface area contributed by atoms with Crippen molar-refractivity contribution in [3.63, 3.8) is 0 Å². The molecule has 6 nitrogen and oxygen atoms in total. The quantitative estimate of drug-likeness (QED) is 0.764. The van der Waals surface area contributed by atoms with E-state index in [1.165, 1.54) is 12.4 Å². The smallest absolute Gasteiger partial charge is 0.253 e. The van der Waals surface area contributed by atoms with Crippen LogP contribution in [0, 0.1) is 10.8 Å². The molecule has 30 heavy (non-hydrogen) atoms. The number of nitrogens with one attached hydrogen (secondary N) is 1. The molecule has 1 spiro atoms. The second-order valence-corrected chi connectivity index (χ2v) is 7.96. The van der Waals surface area contributed by atoms with Gasteiger partial charge < -0.3 is 20.9 Å². The van der Waals surface area contributed by atoms with E-state index < -0.39 is 0 Å². The number of nitrogens with zero attached hydrogens (tertiary/aromatic N) is 2. The highest BCUT2D eigenvalue weighted by Gasteiger charge is 2.49. The predicted molar refractivity (Wildman–Crippen MR) is 120 cm³/mol. The van der Waals surface area contributed by atoms with E-state index in [1.807, 2.05) is 64.4 Å². The largest absolute Gasteiger partial charge is 0.404 e. The van der Waals surface area contributed by atoms with E-state index in [0.29, 0.717) is 43.6 Å². The molecular formula is C24H28N4O2. The van der Waals surface area contributed by atoms with Gasteiger partial charge in [-0.1, -0.05) is 30.3 Å². The predicted octanol–water partition coefficient (Wildman–Crippen LogP) is 3.54. The molecule has 2 aliphatic heterocycles. The minimum absolute atomic E-state index is 0. The first kappa shape index (κ1) is 19.9. The van der Waals surface area contributed by atoms with E-state index in [-0.39, 0.29) is 18.7 Å². The van der Waals surface area contributed by atoms with Crippen LogP contribution in [0.2, 0.25) is 0 Å². The maximum atomic E-state index is 13.3. The number of amides is 2. The van der Waals surface area contributed by atoms with Crippen molar-refractivity contribution in [2.45, 2.75) is 19.3 Å². The van der Waals surface area contributed by atoms with Crippen molar-refractivity contribution in [1.82, 2.24) is 4.90 Å². The Morgan fingerprint density at radius 2 is 1.60 bits per heavy atom. The Balaban J connectivity index is 0.00000272. The zero-order valence-corrected chi connectivity index (χ0v) is 16.9. The van der Waals surface area contributed by atoms with E-state index >= 15 is 0 Å². The highest BCUT2D eigenvalue weighted by Crippen LogP contribution is 2.43. The summed E-state index contributed by atoms with van der Waals surface area (Å²) in [6.07, 6.45) is 4.84. The van der Waals surface area contributed by atoms with Gasteiger partial charge in [0.05, 0.1) is 5.41 Å². The zero-order chi connectivity index (χ0) is 21.1. The fourth-order valence-corrected chi connectivity index (χ4v) is 4.49. The van der Waals surface area contributed by atoms with Gasteiger partial charge in [0.2, 0.25) is 5.91 Å². The van der Waals surface area contributed by atoms with Crippen LogP contribution in [0.1, 0.15) is 36.6 Å². The van der Waals surface area contributed by atoms with E-state index in [0.717, 1.165) is 17.7 Å². The van der Waals surface area contributed by atoms with Gasteiger partial charge in [-0.3, -0.25) is 9.59 Å². The van der Waals surface area contributed by atoms with Crippen molar-refractivity contribution in [3.05, 3.63) is 71.9 Å². The Labute approximate surface area is 178 Å². The molecule has 0 radical (unpaired) electrons. The summed E-state index contributed by atoms with van der Waals surface area (Å²) in [5.41, 5.74) is 8.24. The van der Waals surface area contributed by atoms with Crippen LogP contribution in [-0.2, 0) is 4.79 Å². The van der Waals surface area contributed by atoms with Crippen molar-refractivity contribution < 1.29 is 11.0 Å². The lowest BCUT2D eigenvalue weighted by atomic mass is 9.77. The molecule has 0 bridgehead atoms. The van der Waals surface area contributed by atoms with E-state index in [9.17, 15) is 9.59 Å². The average molecular weight is 405 g/mol. The normalized spacial score (nSPS) is 18.7. The Bertz CT molecular complexity index is 980. The lowest BCUT2D eigenvalue weighted by Crippen LogP contribution is -2.46. The lowest BCUT2D eigenvalue weighted by molar-refractivity contribution is -0.127. The Hall–Kier alpha value is -3.41. The van der Waals surface area contributed by atoms with Crippen molar-refractivity contribution >= 4 is 29.3 Å². The fourth-order valence-electron chi connectivity index (χ4n) is 4.49. The number of rotatable bonds is 4. The molecule has 2 aromatic rings. The summed E-state index contributed by atoms with van der Waals surface area (Å²) in [7, 11) is 0. The van der Waals surface area contributed by atoms with Gasteiger partial charge in [-0.15, -0.1) is 0 Å². The molecule has 2 aromatic carbocycles. The van der Waals surface area contributed by atoms with Crippen LogP contribution in [0.5, 0.6) is 0 Å². The third kappa shape index (κ3) is 3.49. The number of likely N-dealkylation sites (tertiary alicyclic amines) is 1. The monoisotopic (exact) mass is 404 g/mol. The highest BCUT2D eigenvalue weighted by atomic mass is 16.2. The number of hydrogen-bond donors (Lipinski definition) is 2. The number of hydrogen-bond acceptors (Lipinski definition) is 4. The second kappa shape index (κ2) is 8.14. The van der Waals surface area contributed by atoms with Gasteiger partial charge in [-0.05, 0) is 49.1 Å². The number of piperidine rings is 1. The van der Waals surface area contributed by atoms with Gasteiger partial charge in [-0.25, -0.2) is 0 Å². The lowest BCUT2D eigenvalue weighted by Gasteiger charge is -2.38. The number of anilines is 1. The molecule has 0 atom stereocenters. The van der Waals surface area contributed by atoms with Gasteiger partial charge in [0.15, 0.2) is 0 Å². The molecule has 2 fully saturated rings. The summed E-state index contributed by atoms with van der Waals surface area (Å²) in [6, 6.07) is 16.9. The fraction of sp³-hybridized carbons (Fsp3) is 0.292. The van der Waals surface area contributed by atoms with Crippen LogP contribution >= 0.6 is 0 Å². The van der Waals surface area contributed by atoms with Gasteiger partial charge in [0.25, 0.3) is 5.91 Å². The SMILES string of the molecule is N=C/C(=C\N)c1ccc(N2CCC3(CCN(C(=O)c4ccccc4)CC3)C2=O)cc1.[HH]. The van der Waals surface area contributed by atoms with Crippen molar-refractivity contribution in [1.29, 1.82) is 5.41 Å². The summed E-state index contributed by atoms with van der Waals surface area (Å²) < 4.78 is 0. The Morgan fingerprint density at radius 1 is 0.967 bits per heavy atom. The minimum Gasteiger partial charge on any atom is -0.404 e. The first-order valence-electron chi connectivity index (χ1n) is 10.3. The summed E-state index contributed by atoms with van der Waals surface area (Å²) in [5.74, 6) is 0.196. The van der Waals surface area contributed by atoms with Gasteiger partial charge in [0, 0.05) is 50.3 Å². The van der Waals surface area contributed by atoms with Crippen LogP contribution in [0.3, 0.4) is 0 Å². The number of allylic oxidation sites excluding steroid dienone is 1. The third-order valence-electron chi connectivity index (χ3n) is 6.39. The molecule has 3 N–H and O–H groups in total. The summed E-state index contributed by atoms with van der Waals surface area (Å²) in [4.78, 5) is 29.7. The maximum absolute atomic E-state index is 13.3. The summed E-state index contributed by atoms with van der Waals surface area (Å²) >= 11 is 0. The van der Waals surface area contributed by atoms with Crippen molar-refractivity contribution in [2.75, 3.05) is 24.5 Å². The molecule has 0 aromatic heterocycles. The molecular weight excluding hydrogens is 376 g/mol. The number of nitrogens with two attached hydrogens (primary N) is 1. The number of carbonyl (C=O) groups excluding carboxylic acids is 2. The summed E-state index contributed by atoms with van der Waals surface area (Å²) in [5, 5.41) is 7.42. The molecule has 2 heterocycles. The van der Waals surface area contributed by atoms with E-state index in [4.69, 9.17) is 11.1 Å². The molecule has 0 unspecified atom stereocenters. The van der Waals surface area contributed by atoms with Crippen LogP contribution < -0.4 is 10.6 Å². The van der Waals surface area contributed by atoms with Gasteiger partial charge >= 0.3 is 0 Å². The first-order valence-corrected chi connectivity index (χ1v) is 10.3. The van der Waals surface area contributed by atoms with Crippen LogP contribution in [0.15, 0.2) is 60.8 Å². The molecule has 2 saturated heterocycles. The highest BCUT2D eigenvalue weighted by molar-refractivity contribution is 6.08. The zero-order valence-electron chi connectivity index (χ0n) is 16.9. The first-order chi connectivity index (χ1) is 14.6. The molecule has 6 heteroatoms. The van der Waals surface area contributed by atoms with E-state index in [2.05, 4.69) is 0 Å². The molecule has 4 rings (SSSR count). The standard InChI is InChI=1S/C24H26N4O2.H2/c25-16-20(17-26)18-6-8-21(9-7-18)28-15-12-24(23(28)30)10-13-27(14-11-24)22(29)19-4-2-1-3-5-19;/h1-9,16-17,25H,10-15,26H2;1H/b20-17+,25-16?;. The third-order valence-corrected chi connectivity index (χ3v) is 6.39. The topological polar surface area (TPSA) is 90.5 Å². The van der Waals surface area contributed by atoms with Crippen LogP contribution in [0.4, 0.5) is 5.69 Å². The number of benzene rings is 2. The van der Waals surface area contributed by atoms with Crippen LogP contribution in [0.25, 0.3) is 5.57 Å². The molecule has 156 valence electrons. The van der Waals surface area contributed by atoms with Gasteiger partial charge in [0.1, 0.15) is 0 Å².